The number of carbonyl (C=O) groups is 1. The molecule has 1 aromatic heterocycles. The molecule has 2 aromatic rings. The van der Waals surface area contributed by atoms with Gasteiger partial charge in [0, 0.05) is 5.56 Å². The molecule has 0 spiro atoms. The Balaban J connectivity index is 2.27. The Morgan fingerprint density at radius 3 is 2.89 bits per heavy atom. The summed E-state index contributed by atoms with van der Waals surface area (Å²) in [5.41, 5.74) is 1.10. The van der Waals surface area contributed by atoms with Gasteiger partial charge in [-0.2, -0.15) is 0 Å². The zero-order valence-corrected chi connectivity index (χ0v) is 10.6. The third-order valence-corrected chi connectivity index (χ3v) is 2.51. The number of methoxy groups -OCH3 is 1. The molecule has 0 radical (unpaired) electrons. The quantitative estimate of drug-likeness (QED) is 0.861. The van der Waals surface area contributed by atoms with E-state index in [4.69, 9.17) is 9.47 Å². The van der Waals surface area contributed by atoms with Gasteiger partial charge in [0.2, 0.25) is 5.82 Å². The van der Waals surface area contributed by atoms with E-state index < -0.39 is 11.8 Å². The highest BCUT2D eigenvalue weighted by Crippen LogP contribution is 2.24. The first-order valence-corrected chi connectivity index (χ1v) is 5.71. The maximum Gasteiger partial charge on any atom is 0.374 e. The number of nitrogens with one attached hydrogen (secondary N) is 1. The smallest absolute Gasteiger partial charge is 0.374 e. The summed E-state index contributed by atoms with van der Waals surface area (Å²) >= 11 is 0. The normalized spacial score (nSPS) is 10.3. The fourth-order valence-corrected chi connectivity index (χ4v) is 1.61. The van der Waals surface area contributed by atoms with Crippen LogP contribution < -0.4 is 4.74 Å². The van der Waals surface area contributed by atoms with Crippen molar-refractivity contribution in [2.45, 2.75) is 6.92 Å². The second-order valence-corrected chi connectivity index (χ2v) is 3.72. The molecule has 2 rings (SSSR count). The van der Waals surface area contributed by atoms with Crippen LogP contribution >= 0.6 is 0 Å². The fourth-order valence-electron chi connectivity index (χ4n) is 1.61. The summed E-state index contributed by atoms with van der Waals surface area (Å²) in [6, 6.07) is 4.49. The van der Waals surface area contributed by atoms with Gasteiger partial charge in [-0.15, -0.1) is 0 Å². The maximum absolute atomic E-state index is 13.6. The van der Waals surface area contributed by atoms with E-state index in [9.17, 15) is 9.18 Å². The number of ether oxygens (including phenoxy) is 2. The van der Waals surface area contributed by atoms with Gasteiger partial charge in [-0.3, -0.25) is 0 Å². The number of benzene rings is 1. The van der Waals surface area contributed by atoms with Crippen molar-refractivity contribution >= 4 is 5.97 Å². The first kappa shape index (κ1) is 13.1. The number of aromatic nitrogens is 2. The monoisotopic (exact) mass is 264 g/mol. The predicted molar refractivity (Wildman–Crippen MR) is 66.5 cm³/mol. The number of imidazole rings is 1. The Labute approximate surface area is 109 Å². The van der Waals surface area contributed by atoms with Gasteiger partial charge >= 0.3 is 5.97 Å². The molecule has 0 aliphatic rings. The van der Waals surface area contributed by atoms with Crippen LogP contribution in [0.1, 0.15) is 17.5 Å². The third kappa shape index (κ3) is 2.73. The molecule has 0 bridgehead atoms. The lowest BCUT2D eigenvalue weighted by Gasteiger charge is -2.03. The van der Waals surface area contributed by atoms with Crippen LogP contribution in [0.4, 0.5) is 4.39 Å². The topological polar surface area (TPSA) is 64.2 Å². The van der Waals surface area contributed by atoms with Crippen LogP contribution in [0.2, 0.25) is 0 Å². The highest BCUT2D eigenvalue weighted by atomic mass is 19.1. The van der Waals surface area contributed by atoms with Crippen molar-refractivity contribution in [2.75, 3.05) is 13.7 Å². The van der Waals surface area contributed by atoms with Crippen LogP contribution in [0.3, 0.4) is 0 Å². The van der Waals surface area contributed by atoms with Gasteiger partial charge in [0.05, 0.1) is 25.6 Å². The first-order chi connectivity index (χ1) is 9.15. The number of hydrogen-bond donors (Lipinski definition) is 1. The van der Waals surface area contributed by atoms with Crippen LogP contribution in [-0.2, 0) is 4.74 Å². The van der Waals surface area contributed by atoms with Gasteiger partial charge in [-0.05, 0) is 25.1 Å². The number of carbonyl (C=O) groups excluding carboxylic acids is 1. The summed E-state index contributed by atoms with van der Waals surface area (Å²) in [5.74, 6) is -0.767. The van der Waals surface area contributed by atoms with E-state index in [2.05, 4.69) is 9.97 Å². The number of rotatable bonds is 4. The first-order valence-electron chi connectivity index (χ1n) is 5.71. The van der Waals surface area contributed by atoms with Gasteiger partial charge in [-0.25, -0.2) is 14.2 Å². The summed E-state index contributed by atoms with van der Waals surface area (Å²) < 4.78 is 23.2. The summed E-state index contributed by atoms with van der Waals surface area (Å²) in [6.07, 6.45) is 1.45. The SMILES string of the molecule is CCOC(=O)c1ncc(-c2ccc(OC)c(F)c2)[nH]1. The molecule has 0 aliphatic carbocycles. The van der Waals surface area contributed by atoms with Crippen LogP contribution in [0.25, 0.3) is 11.3 Å². The molecule has 0 amide bonds. The number of hydrogen-bond acceptors (Lipinski definition) is 4. The van der Waals surface area contributed by atoms with Gasteiger partial charge in [0.25, 0.3) is 0 Å². The van der Waals surface area contributed by atoms with E-state index in [1.54, 1.807) is 13.0 Å². The van der Waals surface area contributed by atoms with Crippen molar-refractivity contribution in [2.24, 2.45) is 0 Å². The van der Waals surface area contributed by atoms with Crippen molar-refractivity contribution in [3.63, 3.8) is 0 Å². The Kier molecular flexibility index (Phi) is 3.79. The molecule has 6 heteroatoms. The lowest BCUT2D eigenvalue weighted by atomic mass is 10.1. The molecule has 5 nitrogen and oxygen atoms in total. The number of esters is 1. The highest BCUT2D eigenvalue weighted by molar-refractivity contribution is 5.86. The molecule has 0 saturated heterocycles. The summed E-state index contributed by atoms with van der Waals surface area (Å²) in [4.78, 5) is 18.1. The minimum atomic E-state index is -0.539. The molecule has 19 heavy (non-hydrogen) atoms. The Hall–Kier alpha value is -2.37. The molecule has 0 saturated carbocycles. The van der Waals surface area contributed by atoms with Gasteiger partial charge in [0.15, 0.2) is 11.6 Å². The molecular weight excluding hydrogens is 251 g/mol. The predicted octanol–water partition coefficient (Wildman–Crippen LogP) is 2.40. The maximum atomic E-state index is 13.6. The Morgan fingerprint density at radius 2 is 2.26 bits per heavy atom. The van der Waals surface area contributed by atoms with Crippen molar-refractivity contribution in [3.8, 4) is 17.0 Å². The van der Waals surface area contributed by atoms with E-state index in [0.29, 0.717) is 11.3 Å². The van der Waals surface area contributed by atoms with Gasteiger partial charge in [-0.1, -0.05) is 0 Å². The number of halogens is 1. The zero-order chi connectivity index (χ0) is 13.8. The molecule has 1 N–H and O–H groups in total. The van der Waals surface area contributed by atoms with Crippen molar-refractivity contribution in [1.29, 1.82) is 0 Å². The van der Waals surface area contributed by atoms with E-state index in [1.807, 2.05) is 0 Å². The number of aromatic amines is 1. The zero-order valence-electron chi connectivity index (χ0n) is 10.6. The largest absolute Gasteiger partial charge is 0.494 e. The van der Waals surface area contributed by atoms with Crippen molar-refractivity contribution < 1.29 is 18.7 Å². The summed E-state index contributed by atoms with van der Waals surface area (Å²) in [5, 5.41) is 0. The molecule has 0 fully saturated rings. The summed E-state index contributed by atoms with van der Waals surface area (Å²) in [7, 11) is 1.40. The molecule has 0 aliphatic heterocycles. The van der Waals surface area contributed by atoms with Crippen LogP contribution in [0.5, 0.6) is 5.75 Å². The van der Waals surface area contributed by atoms with E-state index in [-0.39, 0.29) is 18.2 Å². The van der Waals surface area contributed by atoms with Crippen molar-refractivity contribution in [3.05, 3.63) is 36.0 Å². The third-order valence-electron chi connectivity index (χ3n) is 2.51. The minimum Gasteiger partial charge on any atom is -0.494 e. The van der Waals surface area contributed by atoms with Gasteiger partial charge < -0.3 is 14.5 Å². The highest BCUT2D eigenvalue weighted by Gasteiger charge is 2.13. The van der Waals surface area contributed by atoms with E-state index in [0.717, 1.165) is 0 Å². The second kappa shape index (κ2) is 5.51. The number of nitrogens with zero attached hydrogens (tertiary/aromatic N) is 1. The van der Waals surface area contributed by atoms with Crippen LogP contribution in [0, 0.1) is 5.82 Å². The fraction of sp³-hybridized carbons (Fsp3) is 0.231. The molecule has 1 aromatic carbocycles. The molecular formula is C13H13FN2O3. The average Bonchev–Trinajstić information content (AvgIpc) is 2.88. The van der Waals surface area contributed by atoms with Crippen LogP contribution in [-0.4, -0.2) is 29.7 Å². The second-order valence-electron chi connectivity index (χ2n) is 3.72. The molecule has 0 atom stereocenters. The minimum absolute atomic E-state index is 0.0908. The Bertz CT molecular complexity index is 595. The van der Waals surface area contributed by atoms with E-state index in [1.165, 1.54) is 25.4 Å². The van der Waals surface area contributed by atoms with Crippen LogP contribution in [0.15, 0.2) is 24.4 Å². The lowest BCUT2D eigenvalue weighted by molar-refractivity contribution is 0.0513. The molecule has 1 heterocycles. The lowest BCUT2D eigenvalue weighted by Crippen LogP contribution is -2.06. The molecule has 0 unspecified atom stereocenters. The number of H-pyrrole nitrogens is 1. The Morgan fingerprint density at radius 1 is 1.47 bits per heavy atom. The standard InChI is InChI=1S/C13H13FN2O3/c1-3-19-13(17)12-15-7-10(16-12)8-4-5-11(18-2)9(14)6-8/h4-7H,3H2,1-2H3,(H,15,16). The summed E-state index contributed by atoms with van der Waals surface area (Å²) in [6.45, 7) is 1.98. The van der Waals surface area contributed by atoms with Gasteiger partial charge in [0.1, 0.15) is 0 Å². The average molecular weight is 264 g/mol. The molecule has 100 valence electrons. The van der Waals surface area contributed by atoms with Crippen molar-refractivity contribution in [1.82, 2.24) is 9.97 Å². The van der Waals surface area contributed by atoms with E-state index >= 15 is 0 Å².